The third kappa shape index (κ3) is 4.88. The molecular weight excluding hydrogens is 420 g/mol. The molecule has 0 amide bonds. The van der Waals surface area contributed by atoms with E-state index in [1.54, 1.807) is 13.8 Å². The van der Waals surface area contributed by atoms with Gasteiger partial charge in [-0.15, -0.1) is 0 Å². The van der Waals surface area contributed by atoms with E-state index in [0.717, 1.165) is 4.57 Å². The van der Waals surface area contributed by atoms with E-state index < -0.39 is 63.7 Å². The SMILES string of the molecule is CC1(C)OC2C(COP(=O)(O)CP(=O)(O)O)OC(n3ccc(N)nc3=O)C2O1. The average Bonchev–Trinajstić information content (AvgIpc) is 2.97. The van der Waals surface area contributed by atoms with Crippen molar-refractivity contribution in [1.29, 1.82) is 0 Å². The minimum atomic E-state index is -4.76. The fourth-order valence-corrected chi connectivity index (χ4v) is 5.67. The lowest BCUT2D eigenvalue weighted by molar-refractivity contribution is -0.199. The summed E-state index contributed by atoms with van der Waals surface area (Å²) in [6.07, 6.45) is -2.07. The van der Waals surface area contributed by atoms with Crippen molar-refractivity contribution in [2.24, 2.45) is 0 Å². The maximum atomic E-state index is 12.2. The molecule has 0 bridgehead atoms. The fourth-order valence-electron chi connectivity index (χ4n) is 3.10. The van der Waals surface area contributed by atoms with Crippen molar-refractivity contribution in [2.75, 3.05) is 18.2 Å². The van der Waals surface area contributed by atoms with Crippen LogP contribution >= 0.6 is 15.2 Å². The molecule has 0 aliphatic carbocycles. The van der Waals surface area contributed by atoms with E-state index in [-0.39, 0.29) is 5.82 Å². The minimum absolute atomic E-state index is 0.0262. The Morgan fingerprint density at radius 2 is 1.93 bits per heavy atom. The van der Waals surface area contributed by atoms with E-state index in [9.17, 15) is 18.8 Å². The number of hydrogen-bond acceptors (Lipinski definition) is 9. The molecular formula is C13H21N3O10P2. The molecule has 13 nitrogen and oxygen atoms in total. The lowest BCUT2D eigenvalue weighted by Crippen LogP contribution is -2.35. The second-order valence-electron chi connectivity index (χ2n) is 6.91. The van der Waals surface area contributed by atoms with Gasteiger partial charge in [0.25, 0.3) is 0 Å². The molecule has 2 fully saturated rings. The second kappa shape index (κ2) is 7.28. The van der Waals surface area contributed by atoms with Crippen LogP contribution in [0.5, 0.6) is 0 Å². The molecule has 2 aliphatic rings. The Morgan fingerprint density at radius 1 is 1.29 bits per heavy atom. The lowest BCUT2D eigenvalue weighted by Gasteiger charge is -2.25. The zero-order valence-corrected chi connectivity index (χ0v) is 16.7. The Balaban J connectivity index is 1.80. The molecule has 0 spiro atoms. The van der Waals surface area contributed by atoms with E-state index in [4.69, 9.17) is 34.3 Å². The predicted molar refractivity (Wildman–Crippen MR) is 93.3 cm³/mol. The first-order valence-electron chi connectivity index (χ1n) is 8.13. The number of hydrogen-bond donors (Lipinski definition) is 4. The van der Waals surface area contributed by atoms with Crippen LogP contribution in [0.2, 0.25) is 0 Å². The molecule has 0 radical (unpaired) electrons. The number of anilines is 1. The number of fused-ring (bicyclic) bond motifs is 1. The average molecular weight is 441 g/mol. The van der Waals surface area contributed by atoms with E-state index in [1.165, 1.54) is 12.3 Å². The summed E-state index contributed by atoms with van der Waals surface area (Å²) in [7, 11) is -9.34. The number of nitrogens with two attached hydrogens (primary N) is 1. The van der Waals surface area contributed by atoms with Crippen LogP contribution in [-0.2, 0) is 27.9 Å². The van der Waals surface area contributed by atoms with Crippen LogP contribution in [-0.4, -0.2) is 60.8 Å². The quantitative estimate of drug-likeness (QED) is 0.417. The first-order valence-corrected chi connectivity index (χ1v) is 11.7. The van der Waals surface area contributed by atoms with Crippen molar-refractivity contribution in [2.45, 2.75) is 44.2 Å². The van der Waals surface area contributed by atoms with Crippen LogP contribution in [0.15, 0.2) is 17.1 Å². The van der Waals surface area contributed by atoms with Crippen molar-refractivity contribution in [3.05, 3.63) is 22.7 Å². The minimum Gasteiger partial charge on any atom is -0.383 e. The molecule has 0 aromatic carbocycles. The number of nitrogen functional groups attached to an aromatic ring is 1. The van der Waals surface area contributed by atoms with Crippen LogP contribution in [0.1, 0.15) is 20.1 Å². The predicted octanol–water partition coefficient (Wildman–Crippen LogP) is -0.420. The van der Waals surface area contributed by atoms with Gasteiger partial charge >= 0.3 is 20.9 Å². The standard InChI is InChI=1S/C13H21N3O10P2/c1-13(2)25-9-7(5-23-28(21,22)6-27(18,19)20)24-11(10(9)26-13)16-4-3-8(14)15-12(16)17/h3-4,7,9-11H,5-6H2,1-2H3,(H,21,22)(H2,14,15,17)(H2,18,19,20). The van der Waals surface area contributed by atoms with Crippen LogP contribution in [0, 0.1) is 0 Å². The van der Waals surface area contributed by atoms with Crippen LogP contribution < -0.4 is 11.4 Å². The van der Waals surface area contributed by atoms with Gasteiger partial charge in [0.1, 0.15) is 24.1 Å². The molecule has 3 heterocycles. The Hall–Kier alpha value is -1.14. The lowest BCUT2D eigenvalue weighted by atomic mass is 10.1. The molecule has 3 rings (SSSR count). The monoisotopic (exact) mass is 441 g/mol. The van der Waals surface area contributed by atoms with Crippen LogP contribution in [0.4, 0.5) is 5.82 Å². The van der Waals surface area contributed by atoms with E-state index in [0.29, 0.717) is 0 Å². The molecule has 0 saturated carbocycles. The largest absolute Gasteiger partial charge is 0.383 e. The Bertz CT molecular complexity index is 899. The number of aromatic nitrogens is 2. The Morgan fingerprint density at radius 3 is 2.54 bits per heavy atom. The van der Waals surface area contributed by atoms with Gasteiger partial charge in [-0.05, 0) is 19.9 Å². The number of ether oxygens (including phenoxy) is 3. The third-order valence-corrected chi connectivity index (χ3v) is 7.51. The van der Waals surface area contributed by atoms with Crippen molar-refractivity contribution < 1.29 is 42.5 Å². The highest BCUT2D eigenvalue weighted by Crippen LogP contribution is 2.56. The molecule has 1 aromatic heterocycles. The van der Waals surface area contributed by atoms with Crippen LogP contribution in [0.25, 0.3) is 0 Å². The molecule has 158 valence electrons. The second-order valence-corrected chi connectivity index (χ2v) is 10.9. The summed E-state index contributed by atoms with van der Waals surface area (Å²) in [4.78, 5) is 43.2. The fraction of sp³-hybridized carbons (Fsp3) is 0.692. The molecule has 5 N–H and O–H groups in total. The summed E-state index contributed by atoms with van der Waals surface area (Å²) < 4.78 is 46.1. The van der Waals surface area contributed by atoms with E-state index >= 15 is 0 Å². The molecule has 1 aromatic rings. The summed E-state index contributed by atoms with van der Waals surface area (Å²) >= 11 is 0. The number of nitrogens with zero attached hydrogens (tertiary/aromatic N) is 2. The summed E-state index contributed by atoms with van der Waals surface area (Å²) in [5, 5.41) is 0. The topological polar surface area (TPSA) is 193 Å². The van der Waals surface area contributed by atoms with Gasteiger partial charge in [0.15, 0.2) is 17.9 Å². The maximum Gasteiger partial charge on any atom is 0.351 e. The molecule has 28 heavy (non-hydrogen) atoms. The Kier molecular flexibility index (Phi) is 5.61. The maximum absolute atomic E-state index is 12.2. The van der Waals surface area contributed by atoms with Crippen molar-refractivity contribution in [3.8, 4) is 0 Å². The third-order valence-electron chi connectivity index (χ3n) is 4.05. The summed E-state index contributed by atoms with van der Waals surface area (Å²) in [5.74, 6) is -2.32. The van der Waals surface area contributed by atoms with Crippen LogP contribution in [0.3, 0.4) is 0 Å². The summed E-state index contributed by atoms with van der Waals surface area (Å²) in [6.45, 7) is 2.78. The van der Waals surface area contributed by atoms with Crippen molar-refractivity contribution in [3.63, 3.8) is 0 Å². The summed E-state index contributed by atoms with van der Waals surface area (Å²) in [5.41, 5.74) is 4.80. The van der Waals surface area contributed by atoms with Gasteiger partial charge in [-0.25, -0.2) is 4.79 Å². The molecule has 2 aliphatic heterocycles. The van der Waals surface area contributed by atoms with Gasteiger partial charge in [-0.1, -0.05) is 0 Å². The van der Waals surface area contributed by atoms with Gasteiger partial charge < -0.3 is 39.1 Å². The zero-order chi connectivity index (χ0) is 20.9. The first kappa shape index (κ1) is 21.6. The van der Waals surface area contributed by atoms with Gasteiger partial charge in [0.2, 0.25) is 0 Å². The molecule has 5 atom stereocenters. The van der Waals surface area contributed by atoms with Gasteiger partial charge in [0.05, 0.1) is 6.61 Å². The molecule has 15 heteroatoms. The normalized spacial score (nSPS) is 31.5. The van der Waals surface area contributed by atoms with E-state index in [2.05, 4.69) is 4.98 Å². The summed E-state index contributed by atoms with van der Waals surface area (Å²) in [6, 6.07) is 1.40. The first-order chi connectivity index (χ1) is 12.8. The zero-order valence-electron chi connectivity index (χ0n) is 14.9. The Labute approximate surface area is 159 Å². The highest BCUT2D eigenvalue weighted by Gasteiger charge is 2.56. The van der Waals surface area contributed by atoms with Gasteiger partial charge in [-0.3, -0.25) is 13.7 Å². The van der Waals surface area contributed by atoms with Crippen molar-refractivity contribution in [1.82, 2.24) is 9.55 Å². The van der Waals surface area contributed by atoms with Gasteiger partial charge in [0, 0.05) is 6.20 Å². The number of rotatable bonds is 6. The van der Waals surface area contributed by atoms with Crippen molar-refractivity contribution >= 4 is 21.0 Å². The highest BCUT2D eigenvalue weighted by molar-refractivity contribution is 7.70. The smallest absolute Gasteiger partial charge is 0.351 e. The molecule has 2 saturated heterocycles. The molecule has 5 unspecified atom stereocenters. The highest BCUT2D eigenvalue weighted by atomic mass is 31.2. The van der Waals surface area contributed by atoms with E-state index in [1.807, 2.05) is 0 Å². The van der Waals surface area contributed by atoms with Gasteiger partial charge in [-0.2, -0.15) is 4.98 Å².